The SMILES string of the molecule is Cc1cccc(OCCNC(=O)C2(S(=O)(=O)c3cc(C)ccc3C)CCCC2)c1. The molecule has 1 amide bonds. The van der Waals surface area contributed by atoms with Crippen LogP contribution < -0.4 is 10.1 Å². The van der Waals surface area contributed by atoms with E-state index in [9.17, 15) is 13.2 Å². The first kappa shape index (κ1) is 21.4. The molecular weight excluding hydrogens is 386 g/mol. The highest BCUT2D eigenvalue weighted by atomic mass is 32.2. The van der Waals surface area contributed by atoms with Crippen molar-refractivity contribution < 1.29 is 17.9 Å². The van der Waals surface area contributed by atoms with E-state index in [4.69, 9.17) is 4.74 Å². The highest BCUT2D eigenvalue weighted by Crippen LogP contribution is 2.41. The van der Waals surface area contributed by atoms with Gasteiger partial charge in [-0.1, -0.05) is 37.1 Å². The molecule has 0 radical (unpaired) electrons. The molecule has 0 bridgehead atoms. The van der Waals surface area contributed by atoms with Gasteiger partial charge in [0.1, 0.15) is 12.4 Å². The lowest BCUT2D eigenvalue weighted by Gasteiger charge is -2.28. The van der Waals surface area contributed by atoms with Gasteiger partial charge in [0.05, 0.1) is 11.4 Å². The van der Waals surface area contributed by atoms with Gasteiger partial charge in [-0.3, -0.25) is 4.79 Å². The van der Waals surface area contributed by atoms with Gasteiger partial charge >= 0.3 is 0 Å². The van der Waals surface area contributed by atoms with Crippen molar-refractivity contribution in [1.29, 1.82) is 0 Å². The number of nitrogens with one attached hydrogen (secondary N) is 1. The summed E-state index contributed by atoms with van der Waals surface area (Å²) in [6.45, 7) is 6.17. The summed E-state index contributed by atoms with van der Waals surface area (Å²) in [4.78, 5) is 13.4. The number of benzene rings is 2. The van der Waals surface area contributed by atoms with Gasteiger partial charge in [0.25, 0.3) is 0 Å². The molecular formula is C23H29NO4S. The Balaban J connectivity index is 1.74. The number of carbonyl (C=O) groups excluding carboxylic acids is 1. The zero-order chi connectivity index (χ0) is 21.1. The van der Waals surface area contributed by atoms with E-state index in [1.165, 1.54) is 0 Å². The van der Waals surface area contributed by atoms with Crippen molar-refractivity contribution in [2.45, 2.75) is 56.1 Å². The second-order valence-corrected chi connectivity index (χ2v) is 10.1. The number of rotatable bonds is 7. The molecule has 1 aliphatic carbocycles. The summed E-state index contributed by atoms with van der Waals surface area (Å²) in [5.74, 6) is 0.321. The predicted octanol–water partition coefficient (Wildman–Crippen LogP) is 3.89. The van der Waals surface area contributed by atoms with Gasteiger partial charge in [0.15, 0.2) is 14.6 Å². The molecule has 1 fully saturated rings. The van der Waals surface area contributed by atoms with Gasteiger partial charge in [-0.25, -0.2) is 8.42 Å². The first-order valence-electron chi connectivity index (χ1n) is 10.1. The molecule has 0 heterocycles. The van der Waals surface area contributed by atoms with Crippen LogP contribution in [0.5, 0.6) is 5.75 Å². The van der Waals surface area contributed by atoms with E-state index in [-0.39, 0.29) is 18.0 Å². The fourth-order valence-corrected chi connectivity index (χ4v) is 6.37. The summed E-state index contributed by atoms with van der Waals surface area (Å²) < 4.78 is 31.4. The van der Waals surface area contributed by atoms with Gasteiger partial charge in [-0.15, -0.1) is 0 Å². The van der Waals surface area contributed by atoms with Gasteiger partial charge in [0, 0.05) is 0 Å². The smallest absolute Gasteiger partial charge is 0.241 e. The number of ether oxygens (including phenoxy) is 1. The number of hydrogen-bond acceptors (Lipinski definition) is 4. The van der Waals surface area contributed by atoms with E-state index in [0.29, 0.717) is 18.4 Å². The summed E-state index contributed by atoms with van der Waals surface area (Å²) in [6.07, 6.45) is 2.18. The number of sulfone groups is 1. The predicted molar refractivity (Wildman–Crippen MR) is 114 cm³/mol. The van der Waals surface area contributed by atoms with Crippen LogP contribution in [0.3, 0.4) is 0 Å². The molecule has 2 aromatic carbocycles. The van der Waals surface area contributed by atoms with E-state index in [1.54, 1.807) is 19.1 Å². The van der Waals surface area contributed by atoms with Crippen LogP contribution in [-0.2, 0) is 14.6 Å². The van der Waals surface area contributed by atoms with Crippen LogP contribution in [0.2, 0.25) is 0 Å². The minimum absolute atomic E-state index is 0.261. The summed E-state index contributed by atoms with van der Waals surface area (Å²) in [7, 11) is -3.80. The monoisotopic (exact) mass is 415 g/mol. The molecule has 0 aromatic heterocycles. The maximum absolute atomic E-state index is 13.6. The molecule has 1 N–H and O–H groups in total. The van der Waals surface area contributed by atoms with Crippen molar-refractivity contribution in [2.24, 2.45) is 0 Å². The second-order valence-electron chi connectivity index (χ2n) is 7.89. The third-order valence-corrected chi connectivity index (χ3v) is 8.26. The van der Waals surface area contributed by atoms with E-state index in [0.717, 1.165) is 29.7 Å². The van der Waals surface area contributed by atoms with Crippen LogP contribution in [0.4, 0.5) is 0 Å². The Labute approximate surface area is 173 Å². The first-order chi connectivity index (χ1) is 13.8. The molecule has 0 unspecified atom stereocenters. The summed E-state index contributed by atoms with van der Waals surface area (Å²) in [6, 6.07) is 13.0. The van der Waals surface area contributed by atoms with Crippen LogP contribution in [-0.4, -0.2) is 32.2 Å². The van der Waals surface area contributed by atoms with Crippen LogP contribution in [0, 0.1) is 20.8 Å². The number of carbonyl (C=O) groups is 1. The molecule has 29 heavy (non-hydrogen) atoms. The molecule has 5 nitrogen and oxygen atoms in total. The fraction of sp³-hybridized carbons (Fsp3) is 0.435. The Morgan fingerprint density at radius 2 is 1.72 bits per heavy atom. The third-order valence-electron chi connectivity index (χ3n) is 5.62. The molecule has 1 aliphatic rings. The van der Waals surface area contributed by atoms with Gasteiger partial charge in [-0.05, 0) is 68.5 Å². The Kier molecular flexibility index (Phi) is 6.32. The number of hydrogen-bond donors (Lipinski definition) is 1. The van der Waals surface area contributed by atoms with Gasteiger partial charge < -0.3 is 10.1 Å². The molecule has 2 aromatic rings. The van der Waals surface area contributed by atoms with Crippen LogP contribution in [0.1, 0.15) is 42.4 Å². The van der Waals surface area contributed by atoms with Crippen LogP contribution in [0.15, 0.2) is 47.4 Å². The topological polar surface area (TPSA) is 72.5 Å². The van der Waals surface area contributed by atoms with E-state index in [2.05, 4.69) is 5.32 Å². The number of aryl methyl sites for hydroxylation is 3. The average molecular weight is 416 g/mol. The normalized spacial score (nSPS) is 15.8. The standard InChI is InChI=1S/C23H29NO4S/c1-17-7-6-8-20(15-17)28-14-13-24-22(25)23(11-4-5-12-23)29(26,27)21-16-18(2)9-10-19(21)3/h6-10,15-16H,4-5,11-14H2,1-3H3,(H,24,25). The van der Waals surface area contributed by atoms with Crippen molar-refractivity contribution in [3.63, 3.8) is 0 Å². The van der Waals surface area contributed by atoms with Crippen molar-refractivity contribution in [2.75, 3.05) is 13.2 Å². The van der Waals surface area contributed by atoms with Crippen LogP contribution in [0.25, 0.3) is 0 Å². The highest BCUT2D eigenvalue weighted by molar-refractivity contribution is 7.93. The molecule has 6 heteroatoms. The zero-order valence-corrected chi connectivity index (χ0v) is 18.1. The Bertz CT molecular complexity index is 992. The highest BCUT2D eigenvalue weighted by Gasteiger charge is 2.53. The Morgan fingerprint density at radius 1 is 1.03 bits per heavy atom. The second kappa shape index (κ2) is 8.57. The minimum Gasteiger partial charge on any atom is -0.492 e. The third kappa shape index (κ3) is 4.32. The molecule has 0 saturated heterocycles. The quantitative estimate of drug-likeness (QED) is 0.696. The largest absolute Gasteiger partial charge is 0.492 e. The molecule has 0 atom stereocenters. The lowest BCUT2D eigenvalue weighted by atomic mass is 10.1. The lowest BCUT2D eigenvalue weighted by molar-refractivity contribution is -0.123. The molecule has 156 valence electrons. The Hall–Kier alpha value is -2.34. The first-order valence-corrected chi connectivity index (χ1v) is 11.5. The van der Waals surface area contributed by atoms with Crippen molar-refractivity contribution >= 4 is 15.7 Å². The molecule has 0 spiro atoms. The van der Waals surface area contributed by atoms with Gasteiger partial charge in [-0.2, -0.15) is 0 Å². The maximum atomic E-state index is 13.6. The Morgan fingerprint density at radius 3 is 2.41 bits per heavy atom. The molecule has 0 aliphatic heterocycles. The van der Waals surface area contributed by atoms with E-state index < -0.39 is 20.5 Å². The van der Waals surface area contributed by atoms with Crippen LogP contribution >= 0.6 is 0 Å². The lowest BCUT2D eigenvalue weighted by Crippen LogP contribution is -2.51. The average Bonchev–Trinajstić information content (AvgIpc) is 3.19. The van der Waals surface area contributed by atoms with E-state index in [1.807, 2.05) is 44.2 Å². The van der Waals surface area contributed by atoms with Gasteiger partial charge in [0.2, 0.25) is 5.91 Å². The fourth-order valence-electron chi connectivity index (χ4n) is 3.97. The molecule has 1 saturated carbocycles. The summed E-state index contributed by atoms with van der Waals surface area (Å²) in [5, 5.41) is 2.82. The minimum atomic E-state index is -3.80. The van der Waals surface area contributed by atoms with Crippen molar-refractivity contribution in [1.82, 2.24) is 5.32 Å². The zero-order valence-electron chi connectivity index (χ0n) is 17.3. The maximum Gasteiger partial charge on any atom is 0.241 e. The number of amides is 1. The summed E-state index contributed by atoms with van der Waals surface area (Å²) in [5.41, 5.74) is 2.64. The van der Waals surface area contributed by atoms with E-state index >= 15 is 0 Å². The molecule has 3 rings (SSSR count). The summed E-state index contributed by atoms with van der Waals surface area (Å²) >= 11 is 0. The van der Waals surface area contributed by atoms with Crippen molar-refractivity contribution in [3.05, 3.63) is 59.2 Å². The van der Waals surface area contributed by atoms with Crippen molar-refractivity contribution in [3.8, 4) is 5.75 Å².